The first kappa shape index (κ1) is 22.7. The molecule has 1 heterocycles. The van der Waals surface area contributed by atoms with Crippen LogP contribution in [0.3, 0.4) is 0 Å². The first-order chi connectivity index (χ1) is 16.0. The fraction of sp³-hybridized carbons (Fsp3) is 0.385. The molecule has 1 aliphatic carbocycles. The zero-order valence-corrected chi connectivity index (χ0v) is 19.4. The number of benzene rings is 2. The quantitative estimate of drug-likeness (QED) is 0.682. The maximum absolute atomic E-state index is 13.5. The Morgan fingerprint density at radius 2 is 1.61 bits per heavy atom. The Labute approximate surface area is 193 Å². The van der Waals surface area contributed by atoms with Gasteiger partial charge in [-0.3, -0.25) is 9.59 Å². The highest BCUT2D eigenvalue weighted by Gasteiger charge is 2.39. The Morgan fingerprint density at radius 3 is 2.24 bits per heavy atom. The lowest BCUT2D eigenvalue weighted by Gasteiger charge is -2.35. The summed E-state index contributed by atoms with van der Waals surface area (Å²) in [5.41, 5.74) is 3.15. The van der Waals surface area contributed by atoms with Gasteiger partial charge in [-0.25, -0.2) is 0 Å². The third-order valence-corrected chi connectivity index (χ3v) is 6.29. The van der Waals surface area contributed by atoms with Crippen molar-refractivity contribution in [2.24, 2.45) is 0 Å². The minimum Gasteiger partial charge on any atom is -0.494 e. The van der Waals surface area contributed by atoms with Crippen LogP contribution in [0, 0.1) is 0 Å². The van der Waals surface area contributed by atoms with Crippen molar-refractivity contribution in [3.05, 3.63) is 58.8 Å². The van der Waals surface area contributed by atoms with E-state index in [4.69, 9.17) is 18.9 Å². The van der Waals surface area contributed by atoms with Gasteiger partial charge in [0, 0.05) is 35.6 Å². The van der Waals surface area contributed by atoms with E-state index >= 15 is 0 Å². The third-order valence-electron chi connectivity index (χ3n) is 6.29. The van der Waals surface area contributed by atoms with Gasteiger partial charge in [-0.1, -0.05) is 18.2 Å². The average molecular weight is 452 g/mol. The van der Waals surface area contributed by atoms with Crippen LogP contribution in [0.15, 0.2) is 47.7 Å². The van der Waals surface area contributed by atoms with Gasteiger partial charge in [0.1, 0.15) is 5.75 Å². The first-order valence-corrected chi connectivity index (χ1v) is 11.1. The van der Waals surface area contributed by atoms with Gasteiger partial charge in [0.15, 0.2) is 17.3 Å². The van der Waals surface area contributed by atoms with Crippen molar-refractivity contribution in [2.75, 3.05) is 27.9 Å². The number of allylic oxidation sites excluding steroid dienone is 2. The second kappa shape index (κ2) is 9.57. The van der Waals surface area contributed by atoms with Crippen LogP contribution in [0.2, 0.25) is 0 Å². The standard InChI is InChI=1S/C26H29NO6/c1-5-33-21-9-7-6-8-17(21)18-14-24(29)27-19-10-15(11-20(28)25(18)19)16-12-22(30-2)26(32-4)23(13-16)31-3/h6-9,12-13,15,18H,5,10-11,14H2,1-4H3,(H,27,29)/t15-,18+/m1/s1. The number of hydrogen-bond donors (Lipinski definition) is 1. The van der Waals surface area contributed by atoms with E-state index < -0.39 is 0 Å². The molecule has 0 spiro atoms. The summed E-state index contributed by atoms with van der Waals surface area (Å²) < 4.78 is 22.2. The Balaban J connectivity index is 1.73. The van der Waals surface area contributed by atoms with E-state index in [-0.39, 0.29) is 29.9 Å². The number of para-hydroxylation sites is 1. The lowest BCUT2D eigenvalue weighted by Crippen LogP contribution is -2.38. The van der Waals surface area contributed by atoms with E-state index in [2.05, 4.69) is 5.32 Å². The zero-order valence-electron chi connectivity index (χ0n) is 19.4. The minimum atomic E-state index is -0.315. The predicted molar refractivity (Wildman–Crippen MR) is 123 cm³/mol. The molecule has 0 saturated carbocycles. The number of ether oxygens (including phenoxy) is 4. The normalized spacial score (nSPS) is 20.1. The summed E-state index contributed by atoms with van der Waals surface area (Å²) in [7, 11) is 4.68. The summed E-state index contributed by atoms with van der Waals surface area (Å²) in [5, 5.41) is 2.97. The van der Waals surface area contributed by atoms with Gasteiger partial charge in [0.05, 0.1) is 27.9 Å². The van der Waals surface area contributed by atoms with Gasteiger partial charge in [-0.05, 0) is 43.0 Å². The molecule has 1 amide bonds. The molecule has 2 aromatic rings. The van der Waals surface area contributed by atoms with Crippen molar-refractivity contribution in [3.63, 3.8) is 0 Å². The van der Waals surface area contributed by atoms with Crippen LogP contribution in [0.25, 0.3) is 0 Å². The van der Waals surface area contributed by atoms with Crippen LogP contribution in [0.4, 0.5) is 0 Å². The van der Waals surface area contributed by atoms with Crippen LogP contribution in [-0.4, -0.2) is 39.6 Å². The van der Waals surface area contributed by atoms with E-state index in [0.717, 1.165) is 11.1 Å². The summed E-state index contributed by atoms with van der Waals surface area (Å²) in [4.78, 5) is 26.1. The SMILES string of the molecule is CCOc1ccccc1[C@@H]1CC(=O)NC2=C1C(=O)C[C@H](c1cc(OC)c(OC)c(OC)c1)C2. The lowest BCUT2D eigenvalue weighted by atomic mass is 9.73. The molecular weight excluding hydrogens is 422 g/mol. The second-order valence-corrected chi connectivity index (χ2v) is 8.15. The summed E-state index contributed by atoms with van der Waals surface area (Å²) in [6.07, 6.45) is 1.10. The molecule has 0 saturated heterocycles. The van der Waals surface area contributed by atoms with Crippen molar-refractivity contribution in [1.29, 1.82) is 0 Å². The smallest absolute Gasteiger partial charge is 0.225 e. The molecule has 174 valence electrons. The number of carbonyl (C=O) groups excluding carboxylic acids is 2. The summed E-state index contributed by atoms with van der Waals surface area (Å²) >= 11 is 0. The van der Waals surface area contributed by atoms with Gasteiger partial charge >= 0.3 is 0 Å². The molecule has 7 heteroatoms. The van der Waals surface area contributed by atoms with E-state index in [1.54, 1.807) is 21.3 Å². The number of nitrogens with one attached hydrogen (secondary N) is 1. The van der Waals surface area contributed by atoms with Crippen molar-refractivity contribution in [3.8, 4) is 23.0 Å². The van der Waals surface area contributed by atoms with Crippen LogP contribution >= 0.6 is 0 Å². The van der Waals surface area contributed by atoms with Crippen molar-refractivity contribution >= 4 is 11.7 Å². The number of methoxy groups -OCH3 is 3. The predicted octanol–water partition coefficient (Wildman–Crippen LogP) is 4.12. The Hall–Kier alpha value is -3.48. The molecular formula is C26H29NO6. The number of Topliss-reactive ketones (excluding diaryl/α,β-unsaturated/α-hetero) is 1. The fourth-order valence-electron chi connectivity index (χ4n) is 4.85. The number of rotatable bonds is 7. The molecule has 7 nitrogen and oxygen atoms in total. The van der Waals surface area contributed by atoms with Crippen molar-refractivity contribution in [2.45, 2.75) is 38.0 Å². The summed E-state index contributed by atoms with van der Waals surface area (Å²) in [5.74, 6) is 1.80. The summed E-state index contributed by atoms with van der Waals surface area (Å²) in [6, 6.07) is 11.4. The van der Waals surface area contributed by atoms with Gasteiger partial charge in [-0.2, -0.15) is 0 Å². The maximum Gasteiger partial charge on any atom is 0.225 e. The first-order valence-electron chi connectivity index (χ1n) is 11.1. The molecule has 2 aromatic carbocycles. The van der Waals surface area contributed by atoms with Crippen LogP contribution < -0.4 is 24.3 Å². The maximum atomic E-state index is 13.5. The fourth-order valence-corrected chi connectivity index (χ4v) is 4.85. The third kappa shape index (κ3) is 4.27. The molecule has 1 N–H and O–H groups in total. The molecule has 0 bridgehead atoms. The molecule has 0 aromatic heterocycles. The Bertz CT molecular complexity index is 1080. The number of ketones is 1. The van der Waals surface area contributed by atoms with Crippen LogP contribution in [0.5, 0.6) is 23.0 Å². The number of hydrogen-bond acceptors (Lipinski definition) is 6. The van der Waals surface area contributed by atoms with E-state index in [0.29, 0.717) is 53.7 Å². The highest BCUT2D eigenvalue weighted by atomic mass is 16.5. The molecule has 0 fully saturated rings. The van der Waals surface area contributed by atoms with E-state index in [9.17, 15) is 9.59 Å². The summed E-state index contributed by atoms with van der Waals surface area (Å²) in [6.45, 7) is 2.43. The highest BCUT2D eigenvalue weighted by molar-refractivity contribution is 6.02. The molecule has 2 aliphatic rings. The highest BCUT2D eigenvalue weighted by Crippen LogP contribution is 2.47. The van der Waals surface area contributed by atoms with E-state index in [1.165, 1.54) is 0 Å². The van der Waals surface area contributed by atoms with Crippen LogP contribution in [0.1, 0.15) is 49.1 Å². The topological polar surface area (TPSA) is 83.1 Å². The zero-order chi connectivity index (χ0) is 23.5. The number of carbonyl (C=O) groups is 2. The van der Waals surface area contributed by atoms with Crippen molar-refractivity contribution < 1.29 is 28.5 Å². The molecule has 33 heavy (non-hydrogen) atoms. The Morgan fingerprint density at radius 1 is 0.909 bits per heavy atom. The van der Waals surface area contributed by atoms with Gasteiger partial charge in [0.2, 0.25) is 11.7 Å². The lowest BCUT2D eigenvalue weighted by molar-refractivity contribution is -0.122. The van der Waals surface area contributed by atoms with Crippen LogP contribution in [-0.2, 0) is 9.59 Å². The number of amides is 1. The largest absolute Gasteiger partial charge is 0.494 e. The monoisotopic (exact) mass is 451 g/mol. The molecule has 0 radical (unpaired) electrons. The molecule has 0 unspecified atom stereocenters. The minimum absolute atomic E-state index is 0.0336. The second-order valence-electron chi connectivity index (χ2n) is 8.15. The van der Waals surface area contributed by atoms with Gasteiger partial charge < -0.3 is 24.3 Å². The van der Waals surface area contributed by atoms with Gasteiger partial charge in [0.25, 0.3) is 0 Å². The van der Waals surface area contributed by atoms with Gasteiger partial charge in [-0.15, -0.1) is 0 Å². The molecule has 1 aliphatic heterocycles. The van der Waals surface area contributed by atoms with E-state index in [1.807, 2.05) is 43.3 Å². The van der Waals surface area contributed by atoms with Crippen molar-refractivity contribution in [1.82, 2.24) is 5.32 Å². The molecule has 2 atom stereocenters. The Kier molecular flexibility index (Phi) is 6.58. The average Bonchev–Trinajstić information content (AvgIpc) is 2.82. The molecule has 4 rings (SSSR count).